The minimum Gasteiger partial charge on any atom is -0.356 e. The van der Waals surface area contributed by atoms with Crippen molar-refractivity contribution in [1.82, 2.24) is 20.9 Å². The second kappa shape index (κ2) is 9.33. The number of rotatable bonds is 7. The summed E-state index contributed by atoms with van der Waals surface area (Å²) in [6.45, 7) is 4.90. The first-order valence-electron chi connectivity index (χ1n) is 11.6. The Balaban J connectivity index is 1.36. The summed E-state index contributed by atoms with van der Waals surface area (Å²) in [7, 11) is 0. The third-order valence-electron chi connectivity index (χ3n) is 7.38. The van der Waals surface area contributed by atoms with Crippen LogP contribution in [0.15, 0.2) is 30.3 Å². The number of nitriles is 1. The van der Waals surface area contributed by atoms with Gasteiger partial charge in [0.1, 0.15) is 12.1 Å². The number of nitrogens with zero attached hydrogens (tertiary/aromatic N) is 2. The molecule has 3 aliphatic rings. The van der Waals surface area contributed by atoms with Crippen LogP contribution >= 0.6 is 0 Å². The van der Waals surface area contributed by atoms with Gasteiger partial charge in [-0.25, -0.2) is 4.79 Å². The van der Waals surface area contributed by atoms with Gasteiger partial charge in [0.15, 0.2) is 0 Å². The minimum atomic E-state index is -0.811. The number of piperidine rings is 1. The Bertz CT molecular complexity index is 1020. The SMILES string of the molecule is CC1(C)[C@@H]2[C@@H](C(=O)N[C@H](C#N)C[C@@H]3CCNC3=O)N(C(=O)CNC(=O)Nc3ccccc3)C[C@@H]21. The van der Waals surface area contributed by atoms with Crippen LogP contribution in [-0.2, 0) is 14.4 Å². The van der Waals surface area contributed by atoms with Gasteiger partial charge in [0.25, 0.3) is 0 Å². The molecule has 34 heavy (non-hydrogen) atoms. The van der Waals surface area contributed by atoms with E-state index in [0.717, 1.165) is 0 Å². The van der Waals surface area contributed by atoms with Gasteiger partial charge < -0.3 is 26.2 Å². The first kappa shape index (κ1) is 23.5. The van der Waals surface area contributed by atoms with Crippen LogP contribution in [0.5, 0.6) is 0 Å². The van der Waals surface area contributed by atoms with Crippen molar-refractivity contribution in [2.75, 3.05) is 25.0 Å². The van der Waals surface area contributed by atoms with Crippen LogP contribution in [-0.4, -0.2) is 60.4 Å². The number of carbonyl (C=O) groups excluding carboxylic acids is 4. The van der Waals surface area contributed by atoms with Gasteiger partial charge in [0, 0.05) is 24.7 Å². The summed E-state index contributed by atoms with van der Waals surface area (Å²) in [4.78, 5) is 51.7. The third kappa shape index (κ3) is 4.69. The summed E-state index contributed by atoms with van der Waals surface area (Å²) >= 11 is 0. The Kier molecular flexibility index (Phi) is 6.46. The number of fused-ring (bicyclic) bond motifs is 1. The van der Waals surface area contributed by atoms with Crippen molar-refractivity contribution in [2.45, 2.75) is 38.8 Å². The van der Waals surface area contributed by atoms with Crippen molar-refractivity contribution in [3.05, 3.63) is 30.3 Å². The predicted octanol–water partition coefficient (Wildman–Crippen LogP) is 0.826. The van der Waals surface area contributed by atoms with E-state index in [1.165, 1.54) is 4.90 Å². The maximum atomic E-state index is 13.2. The molecule has 5 amide bonds. The first-order valence-corrected chi connectivity index (χ1v) is 11.6. The largest absolute Gasteiger partial charge is 0.356 e. The predicted molar refractivity (Wildman–Crippen MR) is 123 cm³/mol. The van der Waals surface area contributed by atoms with E-state index < -0.39 is 18.1 Å². The zero-order valence-electron chi connectivity index (χ0n) is 19.3. The molecule has 5 atom stereocenters. The summed E-state index contributed by atoms with van der Waals surface area (Å²) in [5.41, 5.74) is 0.525. The molecule has 0 unspecified atom stereocenters. The van der Waals surface area contributed by atoms with Crippen molar-refractivity contribution in [2.24, 2.45) is 23.2 Å². The van der Waals surface area contributed by atoms with Crippen molar-refractivity contribution in [1.29, 1.82) is 5.26 Å². The molecule has 3 fully saturated rings. The van der Waals surface area contributed by atoms with E-state index in [0.29, 0.717) is 25.2 Å². The molecule has 1 saturated carbocycles. The molecular weight excluding hydrogens is 436 g/mol. The minimum absolute atomic E-state index is 0.0104. The molecule has 1 aromatic carbocycles. The van der Waals surface area contributed by atoms with E-state index in [2.05, 4.69) is 41.2 Å². The van der Waals surface area contributed by atoms with Crippen LogP contribution in [0.4, 0.5) is 10.5 Å². The van der Waals surface area contributed by atoms with Gasteiger partial charge in [-0.2, -0.15) is 5.26 Å². The van der Waals surface area contributed by atoms with Crippen LogP contribution in [0.1, 0.15) is 26.7 Å². The quantitative estimate of drug-likeness (QED) is 0.471. The number of hydrogen-bond donors (Lipinski definition) is 4. The molecule has 10 nitrogen and oxygen atoms in total. The van der Waals surface area contributed by atoms with Gasteiger partial charge in [-0.05, 0) is 42.2 Å². The summed E-state index contributed by atoms with van der Waals surface area (Å²) in [5, 5.41) is 20.3. The molecule has 1 aromatic rings. The number of nitrogens with one attached hydrogen (secondary N) is 4. The molecule has 1 aliphatic carbocycles. The topological polar surface area (TPSA) is 143 Å². The van der Waals surface area contributed by atoms with Gasteiger partial charge in [-0.3, -0.25) is 14.4 Å². The standard InChI is InChI=1S/C24H30N6O4/c1-24(2)17-13-30(18(31)12-27-23(34)29-15-6-4-3-5-7-15)20(19(17)24)22(33)28-16(11-25)10-14-8-9-26-21(14)32/h3-7,14,16-17,19-20H,8-10,12-13H2,1-2H3,(H,26,32)(H,28,33)(H2,27,29,34)/t14-,16-,17-,19-,20-/m0/s1. The highest BCUT2D eigenvalue weighted by molar-refractivity contribution is 5.94. The molecule has 4 N–H and O–H groups in total. The second-order valence-electron chi connectivity index (χ2n) is 9.82. The van der Waals surface area contributed by atoms with Crippen molar-refractivity contribution < 1.29 is 19.2 Å². The van der Waals surface area contributed by atoms with Crippen LogP contribution in [0.3, 0.4) is 0 Å². The van der Waals surface area contributed by atoms with Gasteiger partial charge in [0.2, 0.25) is 17.7 Å². The summed E-state index contributed by atoms with van der Waals surface area (Å²) in [6.07, 6.45) is 0.878. The fourth-order valence-corrected chi connectivity index (χ4v) is 5.35. The highest BCUT2D eigenvalue weighted by atomic mass is 16.2. The molecule has 0 bridgehead atoms. The van der Waals surface area contributed by atoms with Gasteiger partial charge >= 0.3 is 6.03 Å². The second-order valence-corrected chi connectivity index (χ2v) is 9.82. The molecule has 0 aromatic heterocycles. The van der Waals surface area contributed by atoms with Crippen LogP contribution in [0.2, 0.25) is 0 Å². The maximum Gasteiger partial charge on any atom is 0.319 e. The molecule has 0 spiro atoms. The Morgan fingerprint density at radius 3 is 2.65 bits per heavy atom. The molecule has 2 aliphatic heterocycles. The molecule has 4 rings (SSSR count). The molecule has 0 radical (unpaired) electrons. The smallest absolute Gasteiger partial charge is 0.319 e. The van der Waals surface area contributed by atoms with E-state index in [4.69, 9.17) is 0 Å². The van der Waals surface area contributed by atoms with E-state index in [1.54, 1.807) is 24.3 Å². The Hall–Kier alpha value is -3.61. The highest BCUT2D eigenvalue weighted by Crippen LogP contribution is 2.64. The zero-order chi connectivity index (χ0) is 24.5. The summed E-state index contributed by atoms with van der Waals surface area (Å²) < 4.78 is 0. The molecule has 180 valence electrons. The number of likely N-dealkylation sites (tertiary alicyclic amines) is 1. The molecule has 10 heteroatoms. The fourth-order valence-electron chi connectivity index (χ4n) is 5.35. The van der Waals surface area contributed by atoms with Crippen molar-refractivity contribution >= 4 is 29.4 Å². The lowest BCUT2D eigenvalue weighted by atomic mass is 9.97. The number of hydrogen-bond acceptors (Lipinski definition) is 5. The lowest BCUT2D eigenvalue weighted by Gasteiger charge is -2.31. The monoisotopic (exact) mass is 466 g/mol. The van der Waals surface area contributed by atoms with Crippen LogP contribution in [0.25, 0.3) is 0 Å². The molecule has 2 saturated heterocycles. The van der Waals surface area contributed by atoms with Crippen LogP contribution in [0, 0.1) is 34.5 Å². The normalized spacial score (nSPS) is 27.1. The van der Waals surface area contributed by atoms with Gasteiger partial charge in [-0.15, -0.1) is 0 Å². The van der Waals surface area contributed by atoms with Crippen LogP contribution < -0.4 is 21.3 Å². The van der Waals surface area contributed by atoms with E-state index >= 15 is 0 Å². The lowest BCUT2D eigenvalue weighted by Crippen LogP contribution is -2.54. The maximum absolute atomic E-state index is 13.2. The van der Waals surface area contributed by atoms with Gasteiger partial charge in [-0.1, -0.05) is 32.0 Å². The molecule has 2 heterocycles. The first-order chi connectivity index (χ1) is 16.2. The highest BCUT2D eigenvalue weighted by Gasteiger charge is 2.69. The lowest BCUT2D eigenvalue weighted by molar-refractivity contribution is -0.139. The summed E-state index contributed by atoms with van der Waals surface area (Å²) in [6, 6.07) is 8.93. The number of carbonyl (C=O) groups is 4. The number of benzene rings is 1. The Labute approximate surface area is 198 Å². The van der Waals surface area contributed by atoms with E-state index in [1.807, 2.05) is 6.07 Å². The average Bonchev–Trinajstić information content (AvgIpc) is 3.17. The Morgan fingerprint density at radius 2 is 2.00 bits per heavy atom. The van der Waals surface area contributed by atoms with Gasteiger partial charge in [0.05, 0.1) is 12.6 Å². The van der Waals surface area contributed by atoms with E-state index in [9.17, 15) is 24.4 Å². The van der Waals surface area contributed by atoms with E-state index in [-0.39, 0.29) is 53.9 Å². The van der Waals surface area contributed by atoms with Crippen molar-refractivity contribution in [3.8, 4) is 6.07 Å². The number of anilines is 1. The number of para-hydroxylation sites is 1. The summed E-state index contributed by atoms with van der Waals surface area (Å²) in [5.74, 6) is -0.963. The fraction of sp³-hybridized carbons (Fsp3) is 0.542. The number of urea groups is 1. The molecular formula is C24H30N6O4. The number of amides is 5. The zero-order valence-corrected chi connectivity index (χ0v) is 19.3. The average molecular weight is 467 g/mol. The van der Waals surface area contributed by atoms with Crippen molar-refractivity contribution in [3.63, 3.8) is 0 Å². The Morgan fingerprint density at radius 1 is 1.26 bits per heavy atom. The third-order valence-corrected chi connectivity index (χ3v) is 7.38.